The zero-order valence-corrected chi connectivity index (χ0v) is 8.39. The van der Waals surface area contributed by atoms with Crippen molar-refractivity contribution in [3.63, 3.8) is 0 Å². The summed E-state index contributed by atoms with van der Waals surface area (Å²) < 4.78 is 0. The molecule has 3 heteroatoms. The molecule has 1 aromatic carbocycles. The molecule has 1 aromatic rings. The maximum Gasteiger partial charge on any atom is 0.0456 e. The summed E-state index contributed by atoms with van der Waals surface area (Å²) in [6, 6.07) is 10.6. The zero-order valence-electron chi connectivity index (χ0n) is 8.39. The molecule has 0 spiro atoms. The second-order valence-corrected chi connectivity index (χ2v) is 3.62. The molecule has 1 aliphatic rings. The molecule has 14 heavy (non-hydrogen) atoms. The average Bonchev–Trinajstić information content (AvgIpc) is 2.30. The monoisotopic (exact) mass is 191 g/mol. The molecule has 2 N–H and O–H groups in total. The average molecular weight is 191 g/mol. The molecule has 0 bridgehead atoms. The molecule has 0 aliphatic carbocycles. The number of nitrogens with two attached hydrogens (primary N) is 1. The molecule has 0 atom stereocenters. The molecule has 3 nitrogen and oxygen atoms in total. The van der Waals surface area contributed by atoms with Crippen LogP contribution in [0, 0.1) is 0 Å². The minimum Gasteiger partial charge on any atom is -0.369 e. The molecule has 76 valence electrons. The smallest absolute Gasteiger partial charge is 0.0456 e. The summed E-state index contributed by atoms with van der Waals surface area (Å²) in [6.45, 7) is 5.00. The quantitative estimate of drug-likeness (QED) is 0.748. The summed E-state index contributed by atoms with van der Waals surface area (Å²) >= 11 is 0. The van der Waals surface area contributed by atoms with E-state index in [0.29, 0.717) is 6.67 Å². The second kappa shape index (κ2) is 4.44. The van der Waals surface area contributed by atoms with Gasteiger partial charge in [-0.25, -0.2) is 0 Å². The van der Waals surface area contributed by atoms with E-state index in [2.05, 4.69) is 40.1 Å². The van der Waals surface area contributed by atoms with Gasteiger partial charge in [0.15, 0.2) is 0 Å². The second-order valence-electron chi connectivity index (χ2n) is 3.62. The van der Waals surface area contributed by atoms with Crippen LogP contribution in [0.25, 0.3) is 0 Å². The van der Waals surface area contributed by atoms with Gasteiger partial charge >= 0.3 is 0 Å². The van der Waals surface area contributed by atoms with Gasteiger partial charge in [0.2, 0.25) is 0 Å². The van der Waals surface area contributed by atoms with Crippen molar-refractivity contribution in [2.75, 3.05) is 37.7 Å². The fraction of sp³-hybridized carbons (Fsp3) is 0.455. The molecular weight excluding hydrogens is 174 g/mol. The van der Waals surface area contributed by atoms with Crippen molar-refractivity contribution in [3.8, 4) is 0 Å². The summed E-state index contributed by atoms with van der Waals surface area (Å²) in [5.74, 6) is 0. The van der Waals surface area contributed by atoms with Crippen LogP contribution in [0.5, 0.6) is 0 Å². The van der Waals surface area contributed by atoms with Crippen molar-refractivity contribution in [3.05, 3.63) is 30.3 Å². The predicted octanol–water partition coefficient (Wildman–Crippen LogP) is 0.725. The van der Waals surface area contributed by atoms with Crippen molar-refractivity contribution in [2.45, 2.75) is 0 Å². The summed E-state index contributed by atoms with van der Waals surface area (Å²) in [4.78, 5) is 4.69. The van der Waals surface area contributed by atoms with Crippen molar-refractivity contribution >= 4 is 5.69 Å². The Morgan fingerprint density at radius 3 is 2.21 bits per heavy atom. The number of anilines is 1. The number of para-hydroxylation sites is 1. The zero-order chi connectivity index (χ0) is 9.80. The molecule has 2 rings (SSSR count). The fourth-order valence-corrected chi connectivity index (χ4v) is 1.83. The van der Waals surface area contributed by atoms with Crippen molar-refractivity contribution < 1.29 is 0 Å². The van der Waals surface area contributed by atoms with Crippen LogP contribution in [0.2, 0.25) is 0 Å². The van der Waals surface area contributed by atoms with Crippen LogP contribution in [0.4, 0.5) is 5.69 Å². The third-order valence-corrected chi connectivity index (χ3v) is 2.75. The Kier molecular flexibility index (Phi) is 3.01. The predicted molar refractivity (Wildman–Crippen MR) is 59.3 cm³/mol. The first-order valence-electron chi connectivity index (χ1n) is 5.12. The third kappa shape index (κ3) is 2.05. The highest BCUT2D eigenvalue weighted by Crippen LogP contribution is 2.14. The van der Waals surface area contributed by atoms with Gasteiger partial charge in [0.1, 0.15) is 0 Å². The van der Waals surface area contributed by atoms with E-state index >= 15 is 0 Å². The van der Waals surface area contributed by atoms with E-state index < -0.39 is 0 Å². The Hall–Kier alpha value is -1.06. The van der Waals surface area contributed by atoms with E-state index in [-0.39, 0.29) is 0 Å². The van der Waals surface area contributed by atoms with Crippen LogP contribution in [-0.4, -0.2) is 37.7 Å². The van der Waals surface area contributed by atoms with Gasteiger partial charge in [0.05, 0.1) is 0 Å². The SMILES string of the molecule is NCN1CCN(c2ccccc2)CC1. The fourth-order valence-electron chi connectivity index (χ4n) is 1.83. The van der Waals surface area contributed by atoms with E-state index in [1.165, 1.54) is 5.69 Å². The van der Waals surface area contributed by atoms with E-state index in [1.807, 2.05) is 0 Å². The van der Waals surface area contributed by atoms with Crippen LogP contribution < -0.4 is 10.6 Å². The van der Waals surface area contributed by atoms with E-state index in [4.69, 9.17) is 5.73 Å². The van der Waals surface area contributed by atoms with Gasteiger partial charge in [-0.15, -0.1) is 0 Å². The number of hydrogen-bond acceptors (Lipinski definition) is 3. The van der Waals surface area contributed by atoms with Crippen LogP contribution >= 0.6 is 0 Å². The number of piperazine rings is 1. The topological polar surface area (TPSA) is 32.5 Å². The standard InChI is InChI=1S/C11H17N3/c12-10-13-6-8-14(9-7-13)11-4-2-1-3-5-11/h1-5H,6-10,12H2. The van der Waals surface area contributed by atoms with Gasteiger partial charge in [-0.05, 0) is 12.1 Å². The first kappa shape index (κ1) is 9.49. The number of hydrogen-bond donors (Lipinski definition) is 1. The minimum atomic E-state index is 0.683. The number of rotatable bonds is 2. The molecule has 0 saturated carbocycles. The summed E-state index contributed by atoms with van der Waals surface area (Å²) in [5, 5.41) is 0. The molecule has 1 aliphatic heterocycles. The van der Waals surface area contributed by atoms with Gasteiger partial charge in [0, 0.05) is 38.5 Å². The largest absolute Gasteiger partial charge is 0.369 e. The van der Waals surface area contributed by atoms with Gasteiger partial charge in [-0.1, -0.05) is 18.2 Å². The number of benzene rings is 1. The van der Waals surface area contributed by atoms with Gasteiger partial charge in [-0.2, -0.15) is 0 Å². The van der Waals surface area contributed by atoms with Crippen LogP contribution in [0.15, 0.2) is 30.3 Å². The molecule has 0 amide bonds. The molecular formula is C11H17N3. The Balaban J connectivity index is 1.96. The van der Waals surface area contributed by atoms with Crippen molar-refractivity contribution in [2.24, 2.45) is 5.73 Å². The van der Waals surface area contributed by atoms with E-state index in [0.717, 1.165) is 26.2 Å². The van der Waals surface area contributed by atoms with Gasteiger partial charge in [0.25, 0.3) is 0 Å². The first-order valence-corrected chi connectivity index (χ1v) is 5.12. The van der Waals surface area contributed by atoms with Crippen LogP contribution in [0.1, 0.15) is 0 Å². The Morgan fingerprint density at radius 2 is 1.64 bits per heavy atom. The minimum absolute atomic E-state index is 0.683. The molecule has 0 unspecified atom stereocenters. The van der Waals surface area contributed by atoms with Crippen molar-refractivity contribution in [1.82, 2.24) is 4.90 Å². The molecule has 1 fully saturated rings. The lowest BCUT2D eigenvalue weighted by Crippen LogP contribution is -2.48. The molecule has 1 saturated heterocycles. The van der Waals surface area contributed by atoms with Crippen LogP contribution in [0.3, 0.4) is 0 Å². The lowest BCUT2D eigenvalue weighted by atomic mass is 10.2. The first-order chi connectivity index (χ1) is 6.90. The van der Waals surface area contributed by atoms with Crippen LogP contribution in [-0.2, 0) is 0 Å². The summed E-state index contributed by atoms with van der Waals surface area (Å²) in [7, 11) is 0. The van der Waals surface area contributed by atoms with Crippen molar-refractivity contribution in [1.29, 1.82) is 0 Å². The highest BCUT2D eigenvalue weighted by molar-refractivity contribution is 5.46. The summed E-state index contributed by atoms with van der Waals surface area (Å²) in [5.41, 5.74) is 6.92. The normalized spacial score (nSPS) is 18.5. The Labute approximate surface area is 85.1 Å². The Bertz CT molecular complexity index is 265. The molecule has 0 radical (unpaired) electrons. The Morgan fingerprint density at radius 1 is 1.00 bits per heavy atom. The third-order valence-electron chi connectivity index (χ3n) is 2.75. The highest BCUT2D eigenvalue weighted by Gasteiger charge is 2.15. The number of nitrogens with zero attached hydrogens (tertiary/aromatic N) is 2. The maximum absolute atomic E-state index is 5.59. The molecule has 0 aromatic heterocycles. The van der Waals surface area contributed by atoms with E-state index in [1.54, 1.807) is 0 Å². The van der Waals surface area contributed by atoms with Gasteiger partial charge in [-0.3, -0.25) is 4.90 Å². The lowest BCUT2D eigenvalue weighted by Gasteiger charge is -2.35. The molecule has 1 heterocycles. The van der Waals surface area contributed by atoms with Gasteiger partial charge < -0.3 is 10.6 Å². The van der Waals surface area contributed by atoms with E-state index in [9.17, 15) is 0 Å². The lowest BCUT2D eigenvalue weighted by molar-refractivity contribution is 0.265. The summed E-state index contributed by atoms with van der Waals surface area (Å²) in [6.07, 6.45) is 0. The highest BCUT2D eigenvalue weighted by atomic mass is 15.3. The maximum atomic E-state index is 5.59.